The molecule has 2 aliphatic rings. The van der Waals surface area contributed by atoms with Crippen molar-refractivity contribution >= 4 is 5.78 Å². The van der Waals surface area contributed by atoms with Crippen LogP contribution in [0.15, 0.2) is 0 Å². The van der Waals surface area contributed by atoms with Gasteiger partial charge in [-0.1, -0.05) is 0 Å². The van der Waals surface area contributed by atoms with Crippen molar-refractivity contribution in [1.29, 1.82) is 0 Å². The molecule has 0 bridgehead atoms. The van der Waals surface area contributed by atoms with E-state index >= 15 is 0 Å². The van der Waals surface area contributed by atoms with Crippen molar-refractivity contribution in [2.24, 2.45) is 5.92 Å². The fraction of sp³-hybridized carbons (Fsp3) is 0.923. The minimum atomic E-state index is 0.0885. The molecule has 1 unspecified atom stereocenters. The minimum absolute atomic E-state index is 0.0885. The van der Waals surface area contributed by atoms with E-state index in [0.29, 0.717) is 5.78 Å². The lowest BCUT2D eigenvalue weighted by atomic mass is 9.90. The van der Waals surface area contributed by atoms with Gasteiger partial charge in [-0.2, -0.15) is 0 Å². The Labute approximate surface area is 104 Å². The Kier molecular flexibility index (Phi) is 4.54. The first-order valence-corrected chi connectivity index (χ1v) is 6.68. The summed E-state index contributed by atoms with van der Waals surface area (Å²) in [6.45, 7) is 4.52. The quantitative estimate of drug-likeness (QED) is 0.708. The van der Waals surface area contributed by atoms with Gasteiger partial charge in [-0.05, 0) is 46.4 Å². The van der Waals surface area contributed by atoms with Crippen LogP contribution in [-0.4, -0.2) is 68.6 Å². The molecule has 0 amide bonds. The van der Waals surface area contributed by atoms with E-state index < -0.39 is 0 Å². The van der Waals surface area contributed by atoms with Gasteiger partial charge in [0.25, 0.3) is 0 Å². The van der Waals surface area contributed by atoms with Crippen LogP contribution in [0, 0.1) is 5.92 Å². The average molecular weight is 240 g/mol. The molecule has 0 radical (unpaired) electrons. The molecule has 17 heavy (non-hydrogen) atoms. The molecule has 2 saturated heterocycles. The van der Waals surface area contributed by atoms with Crippen molar-refractivity contribution in [2.75, 3.05) is 46.9 Å². The highest BCUT2D eigenvalue weighted by molar-refractivity contribution is 5.86. The topological polar surface area (TPSA) is 32.8 Å². The summed E-state index contributed by atoms with van der Waals surface area (Å²) in [5, 5.41) is 0. The maximum Gasteiger partial charge on any atom is 0.154 e. The first kappa shape index (κ1) is 13.0. The van der Waals surface area contributed by atoms with Crippen molar-refractivity contribution in [3.8, 4) is 0 Å². The van der Waals surface area contributed by atoms with Crippen molar-refractivity contribution in [3.05, 3.63) is 0 Å². The van der Waals surface area contributed by atoms with E-state index in [4.69, 9.17) is 4.74 Å². The highest BCUT2D eigenvalue weighted by Crippen LogP contribution is 2.20. The molecule has 2 heterocycles. The lowest BCUT2D eigenvalue weighted by molar-refractivity contribution is -0.130. The Hall–Kier alpha value is -0.450. The molecule has 0 aliphatic carbocycles. The van der Waals surface area contributed by atoms with Gasteiger partial charge in [-0.3, -0.25) is 9.69 Å². The highest BCUT2D eigenvalue weighted by atomic mass is 16.5. The van der Waals surface area contributed by atoms with Crippen LogP contribution in [0.25, 0.3) is 0 Å². The van der Waals surface area contributed by atoms with E-state index in [2.05, 4.69) is 23.9 Å². The van der Waals surface area contributed by atoms with Crippen LogP contribution in [-0.2, 0) is 9.53 Å². The Bertz CT molecular complexity index is 264. The summed E-state index contributed by atoms with van der Waals surface area (Å²) in [4.78, 5) is 17.1. The molecule has 2 aliphatic heterocycles. The number of carbonyl (C=O) groups is 1. The van der Waals surface area contributed by atoms with Gasteiger partial charge in [0.2, 0.25) is 0 Å². The third-order valence-electron chi connectivity index (χ3n) is 4.02. The van der Waals surface area contributed by atoms with E-state index in [-0.39, 0.29) is 12.0 Å². The number of Topliss-reactive ketones (excluding diaryl/α,β-unsaturated/α-hetero) is 1. The fourth-order valence-electron chi connectivity index (χ4n) is 2.83. The molecule has 4 nitrogen and oxygen atoms in total. The summed E-state index contributed by atoms with van der Waals surface area (Å²) < 4.78 is 5.33. The van der Waals surface area contributed by atoms with Crippen LogP contribution in [0.2, 0.25) is 0 Å². The van der Waals surface area contributed by atoms with Crippen LogP contribution >= 0.6 is 0 Å². The zero-order valence-electron chi connectivity index (χ0n) is 11.0. The summed E-state index contributed by atoms with van der Waals surface area (Å²) in [5.41, 5.74) is 0. The normalized spacial score (nSPS) is 30.1. The van der Waals surface area contributed by atoms with Gasteiger partial charge < -0.3 is 9.64 Å². The van der Waals surface area contributed by atoms with Gasteiger partial charge in [-0.15, -0.1) is 0 Å². The van der Waals surface area contributed by atoms with E-state index in [0.717, 1.165) is 52.1 Å². The van der Waals surface area contributed by atoms with Crippen LogP contribution in [0.1, 0.15) is 19.3 Å². The number of hydrogen-bond acceptors (Lipinski definition) is 4. The molecule has 0 aromatic heterocycles. The molecule has 0 aromatic rings. The average Bonchev–Trinajstić information content (AvgIpc) is 2.51. The molecule has 0 spiro atoms. The number of carbonyl (C=O) groups excluding carboxylic acids is 1. The molecule has 0 saturated carbocycles. The summed E-state index contributed by atoms with van der Waals surface area (Å²) in [6, 6.07) is 0.0885. The summed E-state index contributed by atoms with van der Waals surface area (Å²) in [6.07, 6.45) is 2.98. The number of ether oxygens (including phenoxy) is 1. The Morgan fingerprint density at radius 1 is 1.18 bits per heavy atom. The van der Waals surface area contributed by atoms with E-state index in [1.807, 2.05) is 0 Å². The molecule has 98 valence electrons. The third kappa shape index (κ3) is 3.27. The molecule has 1 atom stereocenters. The zero-order valence-corrected chi connectivity index (χ0v) is 11.0. The van der Waals surface area contributed by atoms with Crippen LogP contribution in [0.4, 0.5) is 0 Å². The second-order valence-electron chi connectivity index (χ2n) is 5.40. The van der Waals surface area contributed by atoms with Crippen molar-refractivity contribution in [3.63, 3.8) is 0 Å². The predicted molar refractivity (Wildman–Crippen MR) is 67.1 cm³/mol. The van der Waals surface area contributed by atoms with Crippen molar-refractivity contribution in [1.82, 2.24) is 9.80 Å². The second kappa shape index (κ2) is 5.94. The van der Waals surface area contributed by atoms with E-state index in [1.165, 1.54) is 0 Å². The SMILES string of the molecule is CN1CCCN(C)C(C(=O)C2CCOCC2)C1. The van der Waals surface area contributed by atoms with Gasteiger partial charge in [-0.25, -0.2) is 0 Å². The summed E-state index contributed by atoms with van der Waals surface area (Å²) in [7, 11) is 4.20. The largest absolute Gasteiger partial charge is 0.381 e. The highest BCUT2D eigenvalue weighted by Gasteiger charge is 2.32. The predicted octanol–water partition coefficient (Wildman–Crippen LogP) is 0.618. The standard InChI is InChI=1S/C13H24N2O2/c1-14-6-3-7-15(2)12(10-14)13(16)11-4-8-17-9-5-11/h11-12H,3-10H2,1-2H3. The zero-order chi connectivity index (χ0) is 12.3. The Morgan fingerprint density at radius 3 is 2.59 bits per heavy atom. The molecule has 0 aromatic carbocycles. The fourth-order valence-corrected chi connectivity index (χ4v) is 2.83. The molecular weight excluding hydrogens is 216 g/mol. The van der Waals surface area contributed by atoms with Crippen LogP contribution in [0.5, 0.6) is 0 Å². The first-order chi connectivity index (χ1) is 8.18. The Morgan fingerprint density at radius 2 is 1.88 bits per heavy atom. The van der Waals surface area contributed by atoms with Crippen molar-refractivity contribution < 1.29 is 9.53 Å². The van der Waals surface area contributed by atoms with Crippen LogP contribution in [0.3, 0.4) is 0 Å². The lowest BCUT2D eigenvalue weighted by Crippen LogP contribution is -2.47. The number of likely N-dealkylation sites (N-methyl/N-ethyl adjacent to an activating group) is 2. The molecule has 4 heteroatoms. The monoisotopic (exact) mass is 240 g/mol. The number of hydrogen-bond donors (Lipinski definition) is 0. The van der Waals surface area contributed by atoms with Gasteiger partial charge in [0.1, 0.15) is 0 Å². The summed E-state index contributed by atoms with van der Waals surface area (Å²) in [5.74, 6) is 0.659. The van der Waals surface area contributed by atoms with E-state index in [1.54, 1.807) is 0 Å². The van der Waals surface area contributed by atoms with Gasteiger partial charge in [0.15, 0.2) is 5.78 Å². The van der Waals surface area contributed by atoms with Gasteiger partial charge >= 0.3 is 0 Å². The smallest absolute Gasteiger partial charge is 0.154 e. The Balaban J connectivity index is 1.99. The van der Waals surface area contributed by atoms with Gasteiger partial charge in [0, 0.05) is 25.7 Å². The van der Waals surface area contributed by atoms with Crippen LogP contribution < -0.4 is 0 Å². The maximum absolute atomic E-state index is 12.5. The van der Waals surface area contributed by atoms with Crippen molar-refractivity contribution in [2.45, 2.75) is 25.3 Å². The maximum atomic E-state index is 12.5. The molecule has 2 fully saturated rings. The van der Waals surface area contributed by atoms with Gasteiger partial charge in [0.05, 0.1) is 6.04 Å². The second-order valence-corrected chi connectivity index (χ2v) is 5.40. The number of rotatable bonds is 2. The first-order valence-electron chi connectivity index (χ1n) is 6.68. The number of ketones is 1. The molecular formula is C13H24N2O2. The molecule has 2 rings (SSSR count). The molecule has 0 N–H and O–H groups in total. The third-order valence-corrected chi connectivity index (χ3v) is 4.02. The lowest BCUT2D eigenvalue weighted by Gasteiger charge is -2.31. The summed E-state index contributed by atoms with van der Waals surface area (Å²) >= 11 is 0. The number of nitrogens with zero attached hydrogens (tertiary/aromatic N) is 2. The van der Waals surface area contributed by atoms with E-state index in [9.17, 15) is 4.79 Å². The minimum Gasteiger partial charge on any atom is -0.381 e.